The Morgan fingerprint density at radius 2 is 2.50 bits per heavy atom. The second-order valence-corrected chi connectivity index (χ2v) is 2.50. The maximum atomic E-state index is 5.41. The predicted octanol–water partition coefficient (Wildman–Crippen LogP) is 1.37. The van der Waals surface area contributed by atoms with Crippen LogP contribution < -0.4 is 5.73 Å². The first kappa shape index (κ1) is 10.9. The lowest BCUT2D eigenvalue weighted by Crippen LogP contribution is -2.14. The summed E-state index contributed by atoms with van der Waals surface area (Å²) in [5, 5.41) is 0. The van der Waals surface area contributed by atoms with Crippen LogP contribution in [0.2, 0.25) is 0 Å². The van der Waals surface area contributed by atoms with E-state index in [4.69, 9.17) is 12.2 Å². The molecule has 0 rings (SSSR count). The molecule has 0 heterocycles. The number of nitrogens with two attached hydrogens (primary N) is 1. The molecule has 0 aliphatic carbocycles. The minimum atomic E-state index is -0.0356. The van der Waals surface area contributed by atoms with Gasteiger partial charge in [0.25, 0.3) is 0 Å². The molecular formula is C10H16N2. The molecule has 0 aromatic rings. The van der Waals surface area contributed by atoms with Crippen LogP contribution in [0.1, 0.15) is 19.8 Å². The Labute approximate surface area is 74.6 Å². The highest BCUT2D eigenvalue weighted by atomic mass is 14.8. The molecule has 0 spiro atoms. The Morgan fingerprint density at radius 1 is 1.83 bits per heavy atom. The van der Waals surface area contributed by atoms with Gasteiger partial charge in [-0.25, -0.2) is 0 Å². The molecule has 0 radical (unpaired) electrons. The second-order valence-electron chi connectivity index (χ2n) is 2.50. The van der Waals surface area contributed by atoms with Gasteiger partial charge in [-0.3, -0.25) is 4.99 Å². The van der Waals surface area contributed by atoms with Gasteiger partial charge in [0, 0.05) is 12.3 Å². The summed E-state index contributed by atoms with van der Waals surface area (Å²) in [5.74, 6) is 2.61. The van der Waals surface area contributed by atoms with Crippen LogP contribution in [0.25, 0.3) is 0 Å². The highest BCUT2D eigenvalue weighted by Crippen LogP contribution is 2.00. The lowest BCUT2D eigenvalue weighted by molar-refractivity contribution is 0.722. The van der Waals surface area contributed by atoms with Crippen molar-refractivity contribution in [2.45, 2.75) is 25.8 Å². The fourth-order valence-electron chi connectivity index (χ4n) is 0.847. The second kappa shape index (κ2) is 6.63. The van der Waals surface area contributed by atoms with Gasteiger partial charge in [-0.2, -0.15) is 0 Å². The van der Waals surface area contributed by atoms with Crippen molar-refractivity contribution in [3.63, 3.8) is 0 Å². The SMILES string of the molecule is C#CC(CCC)N=C(C=C)CN. The number of rotatable bonds is 5. The van der Waals surface area contributed by atoms with Crippen molar-refractivity contribution in [3.05, 3.63) is 12.7 Å². The van der Waals surface area contributed by atoms with Crippen LogP contribution in [0.4, 0.5) is 0 Å². The summed E-state index contributed by atoms with van der Waals surface area (Å²) in [6.07, 6.45) is 8.88. The van der Waals surface area contributed by atoms with Crippen LogP contribution in [-0.4, -0.2) is 18.3 Å². The van der Waals surface area contributed by atoms with Gasteiger partial charge >= 0.3 is 0 Å². The van der Waals surface area contributed by atoms with Gasteiger partial charge in [0.05, 0.1) is 0 Å². The van der Waals surface area contributed by atoms with Gasteiger partial charge in [0.2, 0.25) is 0 Å². The highest BCUT2D eigenvalue weighted by molar-refractivity contribution is 5.96. The third kappa shape index (κ3) is 3.95. The molecule has 0 bridgehead atoms. The Kier molecular flexibility index (Phi) is 6.04. The molecule has 1 atom stereocenters. The summed E-state index contributed by atoms with van der Waals surface area (Å²) >= 11 is 0. The summed E-state index contributed by atoms with van der Waals surface area (Å²) in [6.45, 7) is 6.09. The van der Waals surface area contributed by atoms with Gasteiger partial charge in [0.1, 0.15) is 6.04 Å². The fourth-order valence-corrected chi connectivity index (χ4v) is 0.847. The minimum absolute atomic E-state index is 0.0356. The van der Waals surface area contributed by atoms with E-state index in [2.05, 4.69) is 24.4 Å². The smallest absolute Gasteiger partial charge is 0.110 e. The van der Waals surface area contributed by atoms with Crippen molar-refractivity contribution in [1.82, 2.24) is 0 Å². The largest absolute Gasteiger partial charge is 0.325 e. The van der Waals surface area contributed by atoms with Crippen molar-refractivity contribution in [3.8, 4) is 12.3 Å². The Morgan fingerprint density at radius 3 is 2.83 bits per heavy atom. The zero-order valence-electron chi connectivity index (χ0n) is 7.59. The molecule has 12 heavy (non-hydrogen) atoms. The van der Waals surface area contributed by atoms with Crippen LogP contribution in [0.3, 0.4) is 0 Å². The molecule has 2 heteroatoms. The van der Waals surface area contributed by atoms with Crippen LogP contribution in [0.5, 0.6) is 0 Å². The highest BCUT2D eigenvalue weighted by Gasteiger charge is 2.00. The molecule has 1 unspecified atom stereocenters. The average molecular weight is 164 g/mol. The fraction of sp³-hybridized carbons (Fsp3) is 0.500. The molecule has 0 amide bonds. The Hall–Kier alpha value is -1.07. The summed E-state index contributed by atoms with van der Waals surface area (Å²) in [6, 6.07) is -0.0356. The van der Waals surface area contributed by atoms with Crippen LogP contribution >= 0.6 is 0 Å². The van der Waals surface area contributed by atoms with Crippen LogP contribution in [-0.2, 0) is 0 Å². The third-order valence-electron chi connectivity index (χ3n) is 1.52. The normalized spacial score (nSPS) is 13.6. The van der Waals surface area contributed by atoms with E-state index in [0.717, 1.165) is 18.6 Å². The molecule has 0 aliphatic rings. The molecule has 2 nitrogen and oxygen atoms in total. The minimum Gasteiger partial charge on any atom is -0.325 e. The van der Waals surface area contributed by atoms with E-state index in [0.29, 0.717) is 6.54 Å². The van der Waals surface area contributed by atoms with Crippen molar-refractivity contribution in [2.75, 3.05) is 6.54 Å². The topological polar surface area (TPSA) is 38.4 Å². The van der Waals surface area contributed by atoms with Crippen molar-refractivity contribution in [1.29, 1.82) is 0 Å². The van der Waals surface area contributed by atoms with Gasteiger partial charge in [-0.1, -0.05) is 25.8 Å². The van der Waals surface area contributed by atoms with E-state index in [9.17, 15) is 0 Å². The Bertz CT molecular complexity index is 198. The number of terminal acetylenes is 1. The van der Waals surface area contributed by atoms with E-state index in [1.807, 2.05) is 0 Å². The maximum Gasteiger partial charge on any atom is 0.110 e. The number of nitrogens with zero attached hydrogens (tertiary/aromatic N) is 1. The molecule has 0 fully saturated rings. The van der Waals surface area contributed by atoms with Gasteiger partial charge < -0.3 is 5.73 Å². The maximum absolute atomic E-state index is 5.41. The molecule has 0 aromatic heterocycles. The third-order valence-corrected chi connectivity index (χ3v) is 1.52. The number of hydrogen-bond acceptors (Lipinski definition) is 2. The summed E-state index contributed by atoms with van der Waals surface area (Å²) in [4.78, 5) is 4.26. The monoisotopic (exact) mass is 164 g/mol. The predicted molar refractivity (Wildman–Crippen MR) is 54.2 cm³/mol. The van der Waals surface area contributed by atoms with Crippen molar-refractivity contribution >= 4 is 5.71 Å². The first-order chi connectivity index (χ1) is 5.78. The molecule has 0 aromatic carbocycles. The molecule has 0 aliphatic heterocycles. The standard InChI is InChI=1S/C10H16N2/c1-4-7-9(5-2)12-10(6-3)8-11/h2,6,9H,3-4,7-8,11H2,1H3. The van der Waals surface area contributed by atoms with Gasteiger partial charge in [-0.05, 0) is 12.5 Å². The summed E-state index contributed by atoms with van der Waals surface area (Å²) in [5.41, 5.74) is 6.20. The number of aliphatic imine (C=N–C) groups is 1. The van der Waals surface area contributed by atoms with Crippen LogP contribution in [0, 0.1) is 12.3 Å². The molecule has 0 saturated heterocycles. The lowest BCUT2D eigenvalue weighted by Gasteiger charge is -2.04. The zero-order chi connectivity index (χ0) is 9.40. The van der Waals surface area contributed by atoms with Gasteiger partial charge in [0.15, 0.2) is 0 Å². The van der Waals surface area contributed by atoms with E-state index >= 15 is 0 Å². The van der Waals surface area contributed by atoms with Crippen molar-refractivity contribution < 1.29 is 0 Å². The van der Waals surface area contributed by atoms with E-state index in [1.165, 1.54) is 0 Å². The molecule has 0 saturated carbocycles. The van der Waals surface area contributed by atoms with Crippen LogP contribution in [0.15, 0.2) is 17.6 Å². The molecule has 2 N–H and O–H groups in total. The average Bonchev–Trinajstić information content (AvgIpc) is 2.12. The molecule has 66 valence electrons. The first-order valence-corrected chi connectivity index (χ1v) is 4.13. The quantitative estimate of drug-likeness (QED) is 0.484. The van der Waals surface area contributed by atoms with Crippen molar-refractivity contribution in [2.24, 2.45) is 10.7 Å². The molecular weight excluding hydrogens is 148 g/mol. The lowest BCUT2D eigenvalue weighted by atomic mass is 10.2. The zero-order valence-corrected chi connectivity index (χ0v) is 7.59. The van der Waals surface area contributed by atoms with E-state index < -0.39 is 0 Å². The summed E-state index contributed by atoms with van der Waals surface area (Å²) in [7, 11) is 0. The first-order valence-electron chi connectivity index (χ1n) is 4.13. The van der Waals surface area contributed by atoms with Gasteiger partial charge in [-0.15, -0.1) is 6.42 Å². The number of hydrogen-bond donors (Lipinski definition) is 1. The Balaban J connectivity index is 4.23. The van der Waals surface area contributed by atoms with E-state index in [-0.39, 0.29) is 6.04 Å². The van der Waals surface area contributed by atoms with E-state index in [1.54, 1.807) is 6.08 Å². The summed E-state index contributed by atoms with van der Waals surface area (Å²) < 4.78 is 0.